The summed E-state index contributed by atoms with van der Waals surface area (Å²) in [5.41, 5.74) is 0. The van der Waals surface area contributed by atoms with Crippen molar-refractivity contribution in [1.29, 1.82) is 0 Å². The first kappa shape index (κ1) is 16.2. The molecule has 0 saturated carbocycles. The van der Waals surface area contributed by atoms with Crippen LogP contribution < -0.4 is 5.32 Å². The summed E-state index contributed by atoms with van der Waals surface area (Å²) in [5, 5.41) is 12.5. The molecule has 120 valence electrons. The number of amides is 1. The van der Waals surface area contributed by atoms with Gasteiger partial charge in [0.1, 0.15) is 0 Å². The van der Waals surface area contributed by atoms with Crippen LogP contribution in [0.5, 0.6) is 0 Å². The van der Waals surface area contributed by atoms with Gasteiger partial charge < -0.3 is 20.1 Å². The highest BCUT2D eigenvalue weighted by Gasteiger charge is 2.40. The Labute approximate surface area is 125 Å². The predicted molar refractivity (Wildman–Crippen MR) is 77.9 cm³/mol. The first-order valence-electron chi connectivity index (χ1n) is 7.89. The van der Waals surface area contributed by atoms with Gasteiger partial charge in [-0.3, -0.25) is 9.59 Å². The fourth-order valence-corrected chi connectivity index (χ4v) is 3.27. The average molecular weight is 298 g/mol. The Hall–Kier alpha value is -1.14. The first-order valence-corrected chi connectivity index (χ1v) is 7.89. The monoisotopic (exact) mass is 298 g/mol. The predicted octanol–water partition coefficient (Wildman–Crippen LogP) is 0.713. The van der Waals surface area contributed by atoms with E-state index in [2.05, 4.69) is 12.2 Å². The Bertz CT molecular complexity index is 388. The fourth-order valence-electron chi connectivity index (χ4n) is 3.27. The fraction of sp³-hybridized carbons (Fsp3) is 0.867. The second kappa shape index (κ2) is 7.22. The third-order valence-corrected chi connectivity index (χ3v) is 4.56. The van der Waals surface area contributed by atoms with Gasteiger partial charge in [-0.1, -0.05) is 6.92 Å². The second-order valence-electron chi connectivity index (χ2n) is 6.14. The molecule has 4 atom stereocenters. The highest BCUT2D eigenvalue weighted by atomic mass is 16.5. The van der Waals surface area contributed by atoms with E-state index < -0.39 is 5.97 Å². The zero-order valence-corrected chi connectivity index (χ0v) is 12.9. The summed E-state index contributed by atoms with van der Waals surface area (Å²) >= 11 is 0. The smallest absolute Gasteiger partial charge is 0.306 e. The van der Waals surface area contributed by atoms with Crippen molar-refractivity contribution >= 4 is 11.9 Å². The summed E-state index contributed by atoms with van der Waals surface area (Å²) < 4.78 is 5.47. The van der Waals surface area contributed by atoms with Gasteiger partial charge in [-0.2, -0.15) is 0 Å². The van der Waals surface area contributed by atoms with Crippen molar-refractivity contribution < 1.29 is 19.4 Å². The van der Waals surface area contributed by atoms with E-state index in [1.165, 1.54) is 0 Å². The zero-order chi connectivity index (χ0) is 15.4. The Morgan fingerprint density at radius 2 is 2.14 bits per heavy atom. The lowest BCUT2D eigenvalue weighted by Crippen LogP contribution is -2.52. The number of nitrogens with zero attached hydrogens (tertiary/aromatic N) is 1. The van der Waals surface area contributed by atoms with Gasteiger partial charge in [0.15, 0.2) is 0 Å². The lowest BCUT2D eigenvalue weighted by atomic mass is 9.90. The number of rotatable bonds is 5. The van der Waals surface area contributed by atoms with Crippen LogP contribution >= 0.6 is 0 Å². The lowest BCUT2D eigenvalue weighted by molar-refractivity contribution is -0.149. The molecule has 6 nitrogen and oxygen atoms in total. The zero-order valence-electron chi connectivity index (χ0n) is 12.9. The van der Waals surface area contributed by atoms with E-state index in [0.29, 0.717) is 32.6 Å². The second-order valence-corrected chi connectivity index (χ2v) is 6.14. The molecule has 2 fully saturated rings. The SMILES string of the molecule is CCCNC1COCC1C(=O)N1CCC(C(=O)O)CC1C. The number of aliphatic carboxylic acids is 1. The summed E-state index contributed by atoms with van der Waals surface area (Å²) in [6.07, 6.45) is 2.12. The molecule has 4 unspecified atom stereocenters. The van der Waals surface area contributed by atoms with Gasteiger partial charge >= 0.3 is 5.97 Å². The maximum Gasteiger partial charge on any atom is 0.306 e. The molecule has 21 heavy (non-hydrogen) atoms. The lowest BCUT2D eigenvalue weighted by Gasteiger charge is -2.38. The molecule has 0 bridgehead atoms. The van der Waals surface area contributed by atoms with Crippen molar-refractivity contribution in [2.45, 2.75) is 45.2 Å². The average Bonchev–Trinajstić information content (AvgIpc) is 2.92. The van der Waals surface area contributed by atoms with E-state index in [1.807, 2.05) is 11.8 Å². The minimum absolute atomic E-state index is 0.0141. The van der Waals surface area contributed by atoms with Gasteiger partial charge in [0.05, 0.1) is 25.0 Å². The molecule has 2 rings (SSSR count). The number of hydrogen-bond acceptors (Lipinski definition) is 4. The van der Waals surface area contributed by atoms with Crippen LogP contribution in [-0.2, 0) is 14.3 Å². The highest BCUT2D eigenvalue weighted by molar-refractivity contribution is 5.81. The van der Waals surface area contributed by atoms with E-state index in [4.69, 9.17) is 9.84 Å². The molecule has 0 aromatic heterocycles. The van der Waals surface area contributed by atoms with Crippen molar-refractivity contribution in [2.75, 3.05) is 26.3 Å². The van der Waals surface area contributed by atoms with Crippen molar-refractivity contribution in [3.8, 4) is 0 Å². The summed E-state index contributed by atoms with van der Waals surface area (Å²) in [6, 6.07) is 0.0709. The molecule has 6 heteroatoms. The molecule has 2 aliphatic heterocycles. The third kappa shape index (κ3) is 3.74. The maximum atomic E-state index is 12.7. The van der Waals surface area contributed by atoms with E-state index in [0.717, 1.165) is 13.0 Å². The molecular formula is C15H26N2O4. The topological polar surface area (TPSA) is 78.9 Å². The molecule has 0 aromatic carbocycles. The van der Waals surface area contributed by atoms with Crippen LogP contribution in [0.2, 0.25) is 0 Å². The van der Waals surface area contributed by atoms with Crippen molar-refractivity contribution in [3.05, 3.63) is 0 Å². The van der Waals surface area contributed by atoms with E-state index in [1.54, 1.807) is 0 Å². The molecule has 2 N–H and O–H groups in total. The van der Waals surface area contributed by atoms with Crippen LogP contribution in [-0.4, -0.2) is 60.3 Å². The van der Waals surface area contributed by atoms with Gasteiger partial charge in [0, 0.05) is 18.6 Å². The number of carboxylic acid groups (broad SMARTS) is 1. The number of carbonyl (C=O) groups excluding carboxylic acids is 1. The normalized spacial score (nSPS) is 33.1. The maximum absolute atomic E-state index is 12.7. The summed E-state index contributed by atoms with van der Waals surface area (Å²) in [5.74, 6) is -1.10. The van der Waals surface area contributed by atoms with Crippen molar-refractivity contribution in [2.24, 2.45) is 11.8 Å². The van der Waals surface area contributed by atoms with Crippen LogP contribution in [0.4, 0.5) is 0 Å². The van der Waals surface area contributed by atoms with E-state index in [-0.39, 0.29) is 29.8 Å². The number of hydrogen-bond donors (Lipinski definition) is 2. The number of nitrogens with one attached hydrogen (secondary N) is 1. The van der Waals surface area contributed by atoms with E-state index in [9.17, 15) is 9.59 Å². The third-order valence-electron chi connectivity index (χ3n) is 4.56. The Kier molecular flexibility index (Phi) is 5.58. The van der Waals surface area contributed by atoms with Gasteiger partial charge in [0.25, 0.3) is 0 Å². The molecule has 2 aliphatic rings. The van der Waals surface area contributed by atoms with Crippen LogP contribution in [0.1, 0.15) is 33.1 Å². The van der Waals surface area contributed by atoms with Gasteiger partial charge in [-0.15, -0.1) is 0 Å². The van der Waals surface area contributed by atoms with Crippen molar-refractivity contribution in [1.82, 2.24) is 10.2 Å². The summed E-state index contributed by atoms with van der Waals surface area (Å²) in [6.45, 7) is 6.50. The molecule has 0 aliphatic carbocycles. The molecule has 0 aromatic rings. The molecule has 0 radical (unpaired) electrons. The number of ether oxygens (including phenoxy) is 1. The molecule has 2 saturated heterocycles. The van der Waals surface area contributed by atoms with Gasteiger partial charge in [-0.25, -0.2) is 0 Å². The largest absolute Gasteiger partial charge is 0.481 e. The minimum Gasteiger partial charge on any atom is -0.481 e. The Morgan fingerprint density at radius 3 is 2.76 bits per heavy atom. The Morgan fingerprint density at radius 1 is 1.38 bits per heavy atom. The van der Waals surface area contributed by atoms with Crippen molar-refractivity contribution in [3.63, 3.8) is 0 Å². The molecule has 0 spiro atoms. The quantitative estimate of drug-likeness (QED) is 0.781. The molecule has 1 amide bonds. The summed E-state index contributed by atoms with van der Waals surface area (Å²) in [7, 11) is 0. The first-order chi connectivity index (χ1) is 10.0. The number of piperidine rings is 1. The van der Waals surface area contributed by atoms with Gasteiger partial charge in [-0.05, 0) is 32.7 Å². The number of carboxylic acids is 1. The number of likely N-dealkylation sites (tertiary alicyclic amines) is 1. The Balaban J connectivity index is 1.95. The standard InChI is InChI=1S/C15H26N2O4/c1-3-5-16-13-9-21-8-12(13)14(18)17-6-4-11(15(19)20)7-10(17)2/h10-13,16H,3-9H2,1-2H3,(H,19,20). The molecule has 2 heterocycles. The van der Waals surface area contributed by atoms with Crippen LogP contribution in [0, 0.1) is 11.8 Å². The summed E-state index contributed by atoms with van der Waals surface area (Å²) in [4.78, 5) is 25.6. The number of carbonyl (C=O) groups is 2. The van der Waals surface area contributed by atoms with E-state index >= 15 is 0 Å². The van der Waals surface area contributed by atoms with Crippen LogP contribution in [0.25, 0.3) is 0 Å². The van der Waals surface area contributed by atoms with Crippen LogP contribution in [0.15, 0.2) is 0 Å². The molecular weight excluding hydrogens is 272 g/mol. The minimum atomic E-state index is -0.749. The highest BCUT2D eigenvalue weighted by Crippen LogP contribution is 2.26. The van der Waals surface area contributed by atoms with Crippen LogP contribution in [0.3, 0.4) is 0 Å². The van der Waals surface area contributed by atoms with Gasteiger partial charge in [0.2, 0.25) is 5.91 Å².